The molecule has 2 rings (SSSR count). The summed E-state index contributed by atoms with van der Waals surface area (Å²) in [6, 6.07) is 7.32. The molecule has 6 nitrogen and oxygen atoms in total. The van der Waals surface area contributed by atoms with Crippen LogP contribution < -0.4 is 10.6 Å². The van der Waals surface area contributed by atoms with Gasteiger partial charge in [0.1, 0.15) is 5.76 Å². The molecule has 0 aliphatic carbocycles. The molecule has 7 heteroatoms. The number of nitrogens with zero attached hydrogens (tertiary/aromatic N) is 1. The van der Waals surface area contributed by atoms with Crippen molar-refractivity contribution >= 4 is 23.2 Å². The van der Waals surface area contributed by atoms with Crippen molar-refractivity contribution in [2.24, 2.45) is 0 Å². The zero-order valence-corrected chi connectivity index (χ0v) is 13.4. The molecule has 118 valence electrons. The summed E-state index contributed by atoms with van der Waals surface area (Å²) in [7, 11) is 3.77. The molecule has 2 amide bonds. The summed E-state index contributed by atoms with van der Waals surface area (Å²) in [5, 5.41) is 7.15. The summed E-state index contributed by atoms with van der Waals surface area (Å²) in [6.45, 7) is 0.658. The van der Waals surface area contributed by atoms with Gasteiger partial charge in [0.15, 0.2) is 0 Å². The van der Waals surface area contributed by atoms with Gasteiger partial charge in [0, 0.05) is 11.4 Å². The molecule has 0 aliphatic heterocycles. The summed E-state index contributed by atoms with van der Waals surface area (Å²) >= 11 is 1.53. The number of furan rings is 1. The van der Waals surface area contributed by atoms with Gasteiger partial charge in [-0.1, -0.05) is 6.07 Å². The van der Waals surface area contributed by atoms with Crippen LogP contribution in [0.1, 0.15) is 16.7 Å². The smallest absolute Gasteiger partial charge is 0.309 e. The summed E-state index contributed by atoms with van der Waals surface area (Å²) in [5.74, 6) is -0.537. The van der Waals surface area contributed by atoms with Crippen LogP contribution in [0.15, 0.2) is 40.3 Å². The molecule has 0 saturated heterocycles. The molecule has 0 bridgehead atoms. The molecule has 0 spiro atoms. The Morgan fingerprint density at radius 3 is 2.59 bits per heavy atom. The van der Waals surface area contributed by atoms with Crippen LogP contribution in [0, 0.1) is 0 Å². The predicted molar refractivity (Wildman–Crippen MR) is 84.3 cm³/mol. The van der Waals surface area contributed by atoms with E-state index in [1.165, 1.54) is 11.3 Å². The molecule has 0 unspecified atom stereocenters. The summed E-state index contributed by atoms with van der Waals surface area (Å²) < 4.78 is 5.35. The van der Waals surface area contributed by atoms with Gasteiger partial charge in [-0.15, -0.1) is 11.3 Å². The van der Waals surface area contributed by atoms with E-state index >= 15 is 0 Å². The SMILES string of the molecule is CN(C)[C@@H](CNC(=O)C(=O)NCc1cccs1)c1ccco1. The number of likely N-dealkylation sites (N-methyl/N-ethyl adjacent to an activating group) is 1. The van der Waals surface area contributed by atoms with Crippen LogP contribution in [0.4, 0.5) is 0 Å². The molecule has 2 aromatic rings. The number of carbonyl (C=O) groups is 2. The van der Waals surface area contributed by atoms with Crippen LogP contribution in [0.2, 0.25) is 0 Å². The van der Waals surface area contributed by atoms with Crippen LogP contribution in [-0.4, -0.2) is 37.4 Å². The Bertz CT molecular complexity index is 594. The highest BCUT2D eigenvalue weighted by Crippen LogP contribution is 2.17. The maximum Gasteiger partial charge on any atom is 0.309 e. The van der Waals surface area contributed by atoms with Crippen molar-refractivity contribution in [3.8, 4) is 0 Å². The molecular formula is C15H19N3O3S. The Labute approximate surface area is 133 Å². The number of carbonyl (C=O) groups excluding carboxylic acids is 2. The topological polar surface area (TPSA) is 74.6 Å². The van der Waals surface area contributed by atoms with Gasteiger partial charge in [-0.25, -0.2) is 0 Å². The first kappa shape index (κ1) is 16.3. The third kappa shape index (κ3) is 4.44. The van der Waals surface area contributed by atoms with E-state index < -0.39 is 11.8 Å². The van der Waals surface area contributed by atoms with Gasteiger partial charge >= 0.3 is 11.8 Å². The third-order valence-corrected chi connectivity index (χ3v) is 4.04. The van der Waals surface area contributed by atoms with E-state index in [-0.39, 0.29) is 6.04 Å². The minimum atomic E-state index is -0.644. The van der Waals surface area contributed by atoms with Gasteiger partial charge in [-0.05, 0) is 37.7 Å². The Kier molecular flexibility index (Phi) is 5.74. The predicted octanol–water partition coefficient (Wildman–Crippen LogP) is 1.38. The zero-order valence-electron chi connectivity index (χ0n) is 12.5. The second-order valence-electron chi connectivity index (χ2n) is 4.97. The molecule has 2 aromatic heterocycles. The van der Waals surface area contributed by atoms with E-state index in [2.05, 4.69) is 10.6 Å². The van der Waals surface area contributed by atoms with Gasteiger partial charge in [-0.3, -0.25) is 14.5 Å². The molecular weight excluding hydrogens is 302 g/mol. The van der Waals surface area contributed by atoms with Crippen molar-refractivity contribution < 1.29 is 14.0 Å². The number of nitrogens with one attached hydrogen (secondary N) is 2. The van der Waals surface area contributed by atoms with Crippen molar-refractivity contribution in [1.82, 2.24) is 15.5 Å². The van der Waals surface area contributed by atoms with Crippen LogP contribution in [-0.2, 0) is 16.1 Å². The average Bonchev–Trinajstić information content (AvgIpc) is 3.17. The molecule has 0 saturated carbocycles. The molecule has 2 heterocycles. The van der Waals surface area contributed by atoms with E-state index in [0.717, 1.165) is 10.6 Å². The Morgan fingerprint density at radius 2 is 2.00 bits per heavy atom. The van der Waals surface area contributed by atoms with Crippen molar-refractivity contribution in [3.05, 3.63) is 46.5 Å². The average molecular weight is 321 g/mol. The second kappa shape index (κ2) is 7.77. The van der Waals surface area contributed by atoms with Crippen LogP contribution in [0.3, 0.4) is 0 Å². The maximum absolute atomic E-state index is 11.8. The number of rotatable bonds is 6. The maximum atomic E-state index is 11.8. The molecule has 22 heavy (non-hydrogen) atoms. The lowest BCUT2D eigenvalue weighted by Gasteiger charge is -2.22. The van der Waals surface area contributed by atoms with E-state index in [1.54, 1.807) is 12.3 Å². The van der Waals surface area contributed by atoms with Gasteiger partial charge < -0.3 is 15.1 Å². The Morgan fingerprint density at radius 1 is 1.23 bits per heavy atom. The van der Waals surface area contributed by atoms with E-state index in [0.29, 0.717) is 13.1 Å². The normalized spacial score (nSPS) is 12.1. The molecule has 0 radical (unpaired) electrons. The molecule has 0 aromatic carbocycles. The van der Waals surface area contributed by atoms with E-state index in [4.69, 9.17) is 4.42 Å². The van der Waals surface area contributed by atoms with Gasteiger partial charge in [0.2, 0.25) is 0 Å². The van der Waals surface area contributed by atoms with Gasteiger partial charge in [0.25, 0.3) is 0 Å². The highest BCUT2D eigenvalue weighted by molar-refractivity contribution is 7.09. The van der Waals surface area contributed by atoms with E-state index in [1.807, 2.05) is 42.6 Å². The fraction of sp³-hybridized carbons (Fsp3) is 0.333. The third-order valence-electron chi connectivity index (χ3n) is 3.16. The highest BCUT2D eigenvalue weighted by Gasteiger charge is 2.20. The van der Waals surface area contributed by atoms with Crippen molar-refractivity contribution in [2.45, 2.75) is 12.6 Å². The summed E-state index contributed by atoms with van der Waals surface area (Å²) in [5.41, 5.74) is 0. The monoisotopic (exact) mass is 321 g/mol. The first-order valence-corrected chi connectivity index (χ1v) is 7.74. The first-order valence-electron chi connectivity index (χ1n) is 6.86. The molecule has 2 N–H and O–H groups in total. The lowest BCUT2D eigenvalue weighted by molar-refractivity contribution is -0.139. The first-order chi connectivity index (χ1) is 10.6. The van der Waals surface area contributed by atoms with Crippen molar-refractivity contribution in [3.63, 3.8) is 0 Å². The Balaban J connectivity index is 1.81. The van der Waals surface area contributed by atoms with Crippen LogP contribution in [0.25, 0.3) is 0 Å². The van der Waals surface area contributed by atoms with E-state index in [9.17, 15) is 9.59 Å². The van der Waals surface area contributed by atoms with Crippen LogP contribution in [0.5, 0.6) is 0 Å². The fourth-order valence-corrected chi connectivity index (χ4v) is 2.59. The van der Waals surface area contributed by atoms with Crippen molar-refractivity contribution in [1.29, 1.82) is 0 Å². The lowest BCUT2D eigenvalue weighted by atomic mass is 10.2. The quantitative estimate of drug-likeness (QED) is 0.788. The van der Waals surface area contributed by atoms with Gasteiger partial charge in [0.05, 0.1) is 18.8 Å². The van der Waals surface area contributed by atoms with Gasteiger partial charge in [-0.2, -0.15) is 0 Å². The fourth-order valence-electron chi connectivity index (χ4n) is 1.95. The minimum Gasteiger partial charge on any atom is -0.468 e. The molecule has 0 fully saturated rings. The Hall–Kier alpha value is -2.12. The number of hydrogen-bond donors (Lipinski definition) is 2. The molecule has 0 aliphatic rings. The standard InChI is InChI=1S/C15H19N3O3S/c1-18(2)12(13-6-3-7-21-13)10-17-15(20)14(19)16-9-11-5-4-8-22-11/h3-8,12H,9-10H2,1-2H3,(H,16,19)(H,17,20)/t12-/m0/s1. The summed E-state index contributed by atoms with van der Waals surface area (Å²) in [6.07, 6.45) is 1.58. The lowest BCUT2D eigenvalue weighted by Crippen LogP contribution is -2.42. The van der Waals surface area contributed by atoms with Crippen LogP contribution >= 0.6 is 11.3 Å². The van der Waals surface area contributed by atoms with Crippen molar-refractivity contribution in [2.75, 3.05) is 20.6 Å². The minimum absolute atomic E-state index is 0.121. The largest absolute Gasteiger partial charge is 0.468 e. The second-order valence-corrected chi connectivity index (χ2v) is 6.00. The number of thiophene rings is 1. The number of hydrogen-bond acceptors (Lipinski definition) is 5. The number of amides is 2. The highest BCUT2D eigenvalue weighted by atomic mass is 32.1. The summed E-state index contributed by atoms with van der Waals surface area (Å²) in [4.78, 5) is 26.5. The zero-order chi connectivity index (χ0) is 15.9. The molecule has 1 atom stereocenters.